The highest BCUT2D eigenvalue weighted by molar-refractivity contribution is 7.11. The van der Waals surface area contributed by atoms with Crippen LogP contribution in [0, 0.1) is 0 Å². The van der Waals surface area contributed by atoms with Crippen LogP contribution in [-0.4, -0.2) is 42.9 Å². The molecule has 0 spiro atoms. The van der Waals surface area contributed by atoms with E-state index >= 15 is 0 Å². The van der Waals surface area contributed by atoms with Crippen molar-refractivity contribution in [3.8, 4) is 0 Å². The molecular formula is C11H16O9P2. The molecule has 0 rings (SSSR count). The van der Waals surface area contributed by atoms with Gasteiger partial charge in [0.05, 0.1) is 44.6 Å². The number of hydrogen-bond acceptors (Lipinski definition) is 9. The predicted octanol–water partition coefficient (Wildman–Crippen LogP) is -0.133. The Kier molecular flexibility index (Phi) is 11.1. The smallest absolute Gasteiger partial charge is 0.308 e. The van der Waals surface area contributed by atoms with E-state index in [2.05, 4.69) is 13.8 Å². The van der Waals surface area contributed by atoms with E-state index in [4.69, 9.17) is 4.74 Å². The SMILES string of the molecule is O=CC(COC(=O)CCC(=O)OP)OC(=O)CCC(=O)OP. The van der Waals surface area contributed by atoms with E-state index in [-0.39, 0.29) is 32.0 Å². The van der Waals surface area contributed by atoms with E-state index in [1.165, 1.54) is 0 Å². The van der Waals surface area contributed by atoms with Crippen molar-refractivity contribution in [3.63, 3.8) is 0 Å². The average Bonchev–Trinajstić information content (AvgIpc) is 2.53. The maximum absolute atomic E-state index is 11.3. The molecule has 0 aliphatic rings. The summed E-state index contributed by atoms with van der Waals surface area (Å²) in [6.07, 6.45) is -1.87. The molecule has 0 aromatic heterocycles. The first-order valence-electron chi connectivity index (χ1n) is 6.02. The minimum atomic E-state index is -1.28. The summed E-state index contributed by atoms with van der Waals surface area (Å²) in [4.78, 5) is 54.9. The number of ether oxygens (including phenoxy) is 2. The molecule has 0 aliphatic carbocycles. The zero-order valence-electron chi connectivity index (χ0n) is 11.5. The van der Waals surface area contributed by atoms with E-state index in [0.717, 1.165) is 0 Å². The number of carbonyl (C=O) groups is 5. The molecular weight excluding hydrogens is 338 g/mol. The first kappa shape index (κ1) is 20.4. The van der Waals surface area contributed by atoms with E-state index < -0.39 is 36.6 Å². The summed E-state index contributed by atoms with van der Waals surface area (Å²) in [5, 5.41) is 0. The summed E-state index contributed by atoms with van der Waals surface area (Å²) in [6, 6.07) is 0. The Morgan fingerprint density at radius 2 is 1.27 bits per heavy atom. The lowest BCUT2D eigenvalue weighted by atomic mass is 10.3. The van der Waals surface area contributed by atoms with Crippen LogP contribution in [0.4, 0.5) is 0 Å². The van der Waals surface area contributed by atoms with Gasteiger partial charge in [0.15, 0.2) is 12.4 Å². The molecule has 0 bridgehead atoms. The molecule has 124 valence electrons. The van der Waals surface area contributed by atoms with Crippen LogP contribution in [0.2, 0.25) is 0 Å². The van der Waals surface area contributed by atoms with Crippen molar-refractivity contribution in [1.29, 1.82) is 0 Å². The fourth-order valence-corrected chi connectivity index (χ4v) is 1.34. The van der Waals surface area contributed by atoms with Crippen molar-refractivity contribution in [1.82, 2.24) is 0 Å². The zero-order valence-corrected chi connectivity index (χ0v) is 13.8. The number of rotatable bonds is 10. The monoisotopic (exact) mass is 354 g/mol. The molecule has 9 nitrogen and oxygen atoms in total. The van der Waals surface area contributed by atoms with Gasteiger partial charge in [0, 0.05) is 0 Å². The predicted molar refractivity (Wildman–Crippen MR) is 77.0 cm³/mol. The Hall–Kier alpha value is -1.59. The normalized spacial score (nSPS) is 11.0. The summed E-state index contributed by atoms with van der Waals surface area (Å²) in [5.74, 6) is -2.79. The first-order chi connectivity index (χ1) is 10.4. The molecule has 0 saturated heterocycles. The molecule has 11 heteroatoms. The summed E-state index contributed by atoms with van der Waals surface area (Å²) < 4.78 is 17.9. The Morgan fingerprint density at radius 3 is 1.73 bits per heavy atom. The summed E-state index contributed by atoms with van der Waals surface area (Å²) >= 11 is 0. The van der Waals surface area contributed by atoms with E-state index in [9.17, 15) is 24.0 Å². The summed E-state index contributed by atoms with van der Waals surface area (Å²) in [7, 11) is 3.49. The highest BCUT2D eigenvalue weighted by Gasteiger charge is 2.17. The van der Waals surface area contributed by atoms with Crippen molar-refractivity contribution < 1.29 is 42.5 Å². The van der Waals surface area contributed by atoms with Gasteiger partial charge in [0.25, 0.3) is 0 Å². The van der Waals surface area contributed by atoms with E-state index in [0.29, 0.717) is 0 Å². The maximum atomic E-state index is 11.3. The third-order valence-corrected chi connectivity index (χ3v) is 2.70. The van der Waals surface area contributed by atoms with Gasteiger partial charge in [0.2, 0.25) is 0 Å². The summed E-state index contributed by atoms with van der Waals surface area (Å²) in [6.45, 7) is -0.474. The Morgan fingerprint density at radius 1 is 0.818 bits per heavy atom. The first-order valence-corrected chi connectivity index (χ1v) is 6.96. The van der Waals surface area contributed by atoms with Gasteiger partial charge < -0.3 is 18.5 Å². The average molecular weight is 354 g/mol. The third kappa shape index (κ3) is 10.2. The molecule has 0 amide bonds. The second-order valence-electron chi connectivity index (χ2n) is 3.83. The number of carbonyl (C=O) groups excluding carboxylic acids is 5. The molecule has 0 aromatic carbocycles. The van der Waals surface area contributed by atoms with Gasteiger partial charge in [-0.25, -0.2) is 0 Å². The number of hydrogen-bond donors (Lipinski definition) is 0. The largest absolute Gasteiger partial charge is 0.461 e. The molecule has 0 saturated carbocycles. The highest BCUT2D eigenvalue weighted by Crippen LogP contribution is 2.03. The van der Waals surface area contributed by atoms with Crippen LogP contribution >= 0.6 is 18.9 Å². The molecule has 22 heavy (non-hydrogen) atoms. The van der Waals surface area contributed by atoms with E-state index in [1.54, 1.807) is 18.9 Å². The van der Waals surface area contributed by atoms with Crippen molar-refractivity contribution in [2.24, 2.45) is 0 Å². The zero-order chi connectivity index (χ0) is 17.0. The molecule has 3 atom stereocenters. The minimum Gasteiger partial charge on any atom is -0.461 e. The standard InChI is InChI=1S/C11H16O9P2/c12-5-7(18-9(14)2-4-11(16)20-22)6-17-8(13)1-3-10(15)19-21/h5,7H,1-4,6,21-22H2. The van der Waals surface area contributed by atoms with Gasteiger partial charge in [-0.1, -0.05) is 0 Å². The minimum absolute atomic E-state index is 0.176. The van der Waals surface area contributed by atoms with Gasteiger partial charge in [-0.15, -0.1) is 0 Å². The van der Waals surface area contributed by atoms with Crippen molar-refractivity contribution in [2.75, 3.05) is 6.61 Å². The van der Waals surface area contributed by atoms with Crippen LogP contribution in [0.25, 0.3) is 0 Å². The van der Waals surface area contributed by atoms with Gasteiger partial charge in [-0.2, -0.15) is 0 Å². The molecule has 0 N–H and O–H groups in total. The molecule has 0 fully saturated rings. The van der Waals surface area contributed by atoms with Crippen LogP contribution in [0.5, 0.6) is 0 Å². The lowest BCUT2D eigenvalue weighted by Gasteiger charge is -2.12. The Balaban J connectivity index is 4.02. The molecule has 0 aromatic rings. The van der Waals surface area contributed by atoms with Gasteiger partial charge in [0.1, 0.15) is 6.61 Å². The second-order valence-corrected chi connectivity index (χ2v) is 4.30. The highest BCUT2D eigenvalue weighted by atomic mass is 31.0. The van der Waals surface area contributed by atoms with Crippen LogP contribution in [0.3, 0.4) is 0 Å². The van der Waals surface area contributed by atoms with Crippen molar-refractivity contribution in [2.45, 2.75) is 31.8 Å². The van der Waals surface area contributed by atoms with Crippen molar-refractivity contribution in [3.05, 3.63) is 0 Å². The van der Waals surface area contributed by atoms with Gasteiger partial charge in [-0.05, 0) is 0 Å². The second kappa shape index (κ2) is 12.0. The lowest BCUT2D eigenvalue weighted by Crippen LogP contribution is -2.27. The van der Waals surface area contributed by atoms with E-state index in [1.807, 2.05) is 0 Å². The Bertz CT molecular complexity index is 424. The van der Waals surface area contributed by atoms with Crippen LogP contribution in [0.1, 0.15) is 25.7 Å². The van der Waals surface area contributed by atoms with Crippen LogP contribution < -0.4 is 0 Å². The molecule has 0 radical (unpaired) electrons. The fourth-order valence-electron chi connectivity index (χ4n) is 1.10. The molecule has 3 unspecified atom stereocenters. The lowest BCUT2D eigenvalue weighted by molar-refractivity contribution is -0.161. The fraction of sp³-hybridized carbons (Fsp3) is 0.545. The number of aldehydes is 1. The quantitative estimate of drug-likeness (QED) is 0.300. The molecule has 0 aliphatic heterocycles. The van der Waals surface area contributed by atoms with Crippen LogP contribution in [0.15, 0.2) is 0 Å². The van der Waals surface area contributed by atoms with Crippen LogP contribution in [-0.2, 0) is 42.5 Å². The third-order valence-electron chi connectivity index (χ3n) is 2.17. The van der Waals surface area contributed by atoms with Gasteiger partial charge in [-0.3, -0.25) is 24.0 Å². The summed E-state index contributed by atoms with van der Waals surface area (Å²) in [5.41, 5.74) is 0. The molecule has 0 heterocycles. The maximum Gasteiger partial charge on any atom is 0.308 e. The topological polar surface area (TPSA) is 122 Å². The number of esters is 2. The van der Waals surface area contributed by atoms with Gasteiger partial charge >= 0.3 is 23.9 Å². The van der Waals surface area contributed by atoms with Crippen molar-refractivity contribution >= 4 is 49.1 Å². The Labute approximate surface area is 130 Å².